The molecule has 2 aliphatic rings. The smallest absolute Gasteiger partial charge is 0.154 e. The molecule has 0 aromatic heterocycles. The standard InChI is InChI=1S/C15H29NO2S/c1-4-8-14(9-5-2)10-15(11-14,19(3,17)18)12-16-13-6-7-13/h13,16H,4-12H2,1-3H3. The highest BCUT2D eigenvalue weighted by Gasteiger charge is 2.58. The first-order valence-corrected chi connectivity index (χ1v) is 9.68. The van der Waals surface area contributed by atoms with Gasteiger partial charge in [0.2, 0.25) is 0 Å². The summed E-state index contributed by atoms with van der Waals surface area (Å²) in [5, 5.41) is 3.45. The van der Waals surface area contributed by atoms with E-state index in [9.17, 15) is 8.42 Å². The molecule has 0 unspecified atom stereocenters. The van der Waals surface area contributed by atoms with Crippen molar-refractivity contribution < 1.29 is 8.42 Å². The molecule has 0 aromatic rings. The predicted octanol–water partition coefficient (Wildman–Crippen LogP) is 2.90. The molecule has 0 amide bonds. The third-order valence-corrected chi connectivity index (χ3v) is 7.04. The van der Waals surface area contributed by atoms with Gasteiger partial charge in [-0.05, 0) is 43.9 Å². The zero-order valence-electron chi connectivity index (χ0n) is 12.7. The van der Waals surface area contributed by atoms with Crippen LogP contribution in [0, 0.1) is 5.41 Å². The second kappa shape index (κ2) is 5.36. The quantitative estimate of drug-likeness (QED) is 0.746. The molecule has 2 saturated carbocycles. The van der Waals surface area contributed by atoms with Gasteiger partial charge in [-0.1, -0.05) is 26.7 Å². The molecule has 0 aliphatic heterocycles. The molecule has 0 saturated heterocycles. The summed E-state index contributed by atoms with van der Waals surface area (Å²) in [6.07, 6.45) is 10.3. The lowest BCUT2D eigenvalue weighted by atomic mass is 9.57. The fraction of sp³-hybridized carbons (Fsp3) is 1.00. The average molecular weight is 287 g/mol. The van der Waals surface area contributed by atoms with Gasteiger partial charge >= 0.3 is 0 Å². The van der Waals surface area contributed by atoms with Crippen LogP contribution in [0.3, 0.4) is 0 Å². The fourth-order valence-corrected chi connectivity index (χ4v) is 5.47. The third kappa shape index (κ3) is 3.15. The Kier molecular flexibility index (Phi) is 4.32. The summed E-state index contributed by atoms with van der Waals surface area (Å²) >= 11 is 0. The van der Waals surface area contributed by atoms with Crippen LogP contribution >= 0.6 is 0 Å². The van der Waals surface area contributed by atoms with Gasteiger partial charge in [0.25, 0.3) is 0 Å². The van der Waals surface area contributed by atoms with Gasteiger partial charge < -0.3 is 5.32 Å². The summed E-state index contributed by atoms with van der Waals surface area (Å²) in [6.45, 7) is 5.09. The Balaban J connectivity index is 2.05. The normalized spacial score (nSPS) is 25.0. The molecule has 0 radical (unpaired) electrons. The highest BCUT2D eigenvalue weighted by atomic mass is 32.2. The minimum absolute atomic E-state index is 0.303. The van der Waals surface area contributed by atoms with E-state index in [4.69, 9.17) is 0 Å². The van der Waals surface area contributed by atoms with E-state index >= 15 is 0 Å². The first kappa shape index (κ1) is 15.3. The van der Waals surface area contributed by atoms with E-state index in [2.05, 4.69) is 19.2 Å². The van der Waals surface area contributed by atoms with Crippen molar-refractivity contribution in [2.24, 2.45) is 5.41 Å². The van der Waals surface area contributed by atoms with Crippen LogP contribution in [0.25, 0.3) is 0 Å². The van der Waals surface area contributed by atoms with Crippen molar-refractivity contribution in [1.82, 2.24) is 5.32 Å². The van der Waals surface area contributed by atoms with E-state index in [1.54, 1.807) is 0 Å². The highest BCUT2D eigenvalue weighted by molar-refractivity contribution is 7.92. The van der Waals surface area contributed by atoms with Crippen molar-refractivity contribution in [2.45, 2.75) is 76.0 Å². The Morgan fingerprint density at radius 2 is 1.63 bits per heavy atom. The SMILES string of the molecule is CCCC1(CCC)CC(CNC2CC2)(S(C)(=O)=O)C1. The predicted molar refractivity (Wildman–Crippen MR) is 80.1 cm³/mol. The summed E-state index contributed by atoms with van der Waals surface area (Å²) in [5.41, 5.74) is 0.303. The average Bonchev–Trinajstić information content (AvgIpc) is 3.05. The van der Waals surface area contributed by atoms with Gasteiger partial charge in [0, 0.05) is 18.8 Å². The van der Waals surface area contributed by atoms with E-state index in [1.807, 2.05) is 0 Å². The topological polar surface area (TPSA) is 46.2 Å². The van der Waals surface area contributed by atoms with Crippen LogP contribution < -0.4 is 5.32 Å². The van der Waals surface area contributed by atoms with E-state index < -0.39 is 14.6 Å². The van der Waals surface area contributed by atoms with Crippen molar-refractivity contribution in [3.05, 3.63) is 0 Å². The molecule has 19 heavy (non-hydrogen) atoms. The zero-order valence-corrected chi connectivity index (χ0v) is 13.5. The molecule has 4 heteroatoms. The Bertz CT molecular complexity index is 398. The molecule has 3 nitrogen and oxygen atoms in total. The summed E-state index contributed by atoms with van der Waals surface area (Å²) in [5.74, 6) is 0. The molecule has 0 aromatic carbocycles. The minimum Gasteiger partial charge on any atom is -0.312 e. The molecule has 2 aliphatic carbocycles. The van der Waals surface area contributed by atoms with Crippen molar-refractivity contribution in [2.75, 3.05) is 12.8 Å². The number of nitrogens with one attached hydrogen (secondary N) is 1. The lowest BCUT2D eigenvalue weighted by molar-refractivity contribution is 0.0514. The lowest BCUT2D eigenvalue weighted by Crippen LogP contribution is -2.61. The Hall–Kier alpha value is -0.0900. The van der Waals surface area contributed by atoms with E-state index in [1.165, 1.54) is 31.9 Å². The molecule has 0 spiro atoms. The summed E-state index contributed by atoms with van der Waals surface area (Å²) < 4.78 is 24.0. The molecule has 2 rings (SSSR count). The van der Waals surface area contributed by atoms with Crippen molar-refractivity contribution in [1.29, 1.82) is 0 Å². The first-order valence-electron chi connectivity index (χ1n) is 7.79. The van der Waals surface area contributed by atoms with Crippen LogP contribution in [0.5, 0.6) is 0 Å². The molecule has 0 bridgehead atoms. The van der Waals surface area contributed by atoms with E-state index in [0.29, 0.717) is 18.0 Å². The van der Waals surface area contributed by atoms with Crippen molar-refractivity contribution in [3.63, 3.8) is 0 Å². The van der Waals surface area contributed by atoms with Gasteiger partial charge in [-0.3, -0.25) is 0 Å². The third-order valence-electron chi connectivity index (χ3n) is 5.03. The van der Waals surface area contributed by atoms with Crippen LogP contribution in [0.4, 0.5) is 0 Å². The summed E-state index contributed by atoms with van der Waals surface area (Å²) in [7, 11) is -2.97. The zero-order chi connectivity index (χ0) is 14.1. The van der Waals surface area contributed by atoms with Crippen LogP contribution in [-0.4, -0.2) is 32.0 Å². The Labute approximate surface area is 118 Å². The number of rotatable bonds is 8. The molecular weight excluding hydrogens is 258 g/mol. The van der Waals surface area contributed by atoms with Crippen molar-refractivity contribution >= 4 is 9.84 Å². The number of sulfone groups is 1. The van der Waals surface area contributed by atoms with Crippen LogP contribution in [0.15, 0.2) is 0 Å². The Morgan fingerprint density at radius 1 is 1.11 bits per heavy atom. The van der Waals surface area contributed by atoms with Gasteiger partial charge in [-0.25, -0.2) is 8.42 Å². The summed E-state index contributed by atoms with van der Waals surface area (Å²) in [6, 6.07) is 0.589. The van der Waals surface area contributed by atoms with Gasteiger partial charge in [0.15, 0.2) is 9.84 Å². The molecule has 112 valence electrons. The van der Waals surface area contributed by atoms with E-state index in [0.717, 1.165) is 25.7 Å². The Morgan fingerprint density at radius 3 is 2.00 bits per heavy atom. The van der Waals surface area contributed by atoms with Crippen LogP contribution in [-0.2, 0) is 9.84 Å². The molecule has 0 atom stereocenters. The highest BCUT2D eigenvalue weighted by Crippen LogP contribution is 2.57. The van der Waals surface area contributed by atoms with Gasteiger partial charge in [-0.2, -0.15) is 0 Å². The molecule has 0 heterocycles. The van der Waals surface area contributed by atoms with Gasteiger partial charge in [-0.15, -0.1) is 0 Å². The van der Waals surface area contributed by atoms with Gasteiger partial charge in [0.05, 0.1) is 4.75 Å². The largest absolute Gasteiger partial charge is 0.312 e. The maximum absolute atomic E-state index is 12.2. The fourth-order valence-electron chi connectivity index (χ4n) is 3.99. The van der Waals surface area contributed by atoms with Crippen LogP contribution in [0.1, 0.15) is 65.2 Å². The minimum atomic E-state index is -2.97. The second-order valence-electron chi connectivity index (χ2n) is 6.96. The maximum atomic E-state index is 12.2. The molecular formula is C15H29NO2S. The summed E-state index contributed by atoms with van der Waals surface area (Å²) in [4.78, 5) is 0. The second-order valence-corrected chi connectivity index (χ2v) is 9.37. The lowest BCUT2D eigenvalue weighted by Gasteiger charge is -2.56. The van der Waals surface area contributed by atoms with Crippen LogP contribution in [0.2, 0.25) is 0 Å². The first-order chi connectivity index (χ1) is 8.86. The van der Waals surface area contributed by atoms with E-state index in [-0.39, 0.29) is 0 Å². The maximum Gasteiger partial charge on any atom is 0.154 e. The monoisotopic (exact) mass is 287 g/mol. The number of hydrogen-bond acceptors (Lipinski definition) is 3. The molecule has 1 N–H and O–H groups in total. The van der Waals surface area contributed by atoms with Gasteiger partial charge in [0.1, 0.15) is 0 Å². The molecule has 2 fully saturated rings. The number of hydrogen-bond donors (Lipinski definition) is 1. The van der Waals surface area contributed by atoms with Crippen molar-refractivity contribution in [3.8, 4) is 0 Å².